The minimum Gasteiger partial charge on any atom is -0.380 e. The van der Waals surface area contributed by atoms with E-state index in [0.717, 1.165) is 15.7 Å². The van der Waals surface area contributed by atoms with Crippen molar-refractivity contribution in [2.45, 2.75) is 19.6 Å². The Bertz CT molecular complexity index is 380. The van der Waals surface area contributed by atoms with Crippen molar-refractivity contribution in [3.05, 3.63) is 28.2 Å². The van der Waals surface area contributed by atoms with Crippen LogP contribution in [0.15, 0.2) is 22.7 Å². The highest BCUT2D eigenvalue weighted by Gasteiger charge is 2.12. The minimum atomic E-state index is -0.533. The first-order chi connectivity index (χ1) is 7.56. The summed E-state index contributed by atoms with van der Waals surface area (Å²) in [5.74, 6) is -0.213. The first-order valence-electron chi connectivity index (χ1n) is 4.89. The molecule has 0 spiro atoms. The Kier molecular flexibility index (Phi) is 4.92. The quantitative estimate of drug-likeness (QED) is 0.888. The predicted octanol–water partition coefficient (Wildman–Crippen LogP) is 1.88. The highest BCUT2D eigenvalue weighted by atomic mass is 79.9. The molecule has 0 bridgehead atoms. The number of nitrogens with two attached hydrogens (primary N) is 1. The number of halogens is 1. The molecular weight excluding hydrogens is 272 g/mol. The van der Waals surface area contributed by atoms with Crippen molar-refractivity contribution in [1.82, 2.24) is 0 Å². The number of carbonyl (C=O) groups is 1. The molecule has 0 fully saturated rings. The van der Waals surface area contributed by atoms with Crippen LogP contribution in [-0.2, 0) is 16.1 Å². The number of carbonyl (C=O) groups excluding carboxylic acids is 1. The molecule has 4 nitrogen and oxygen atoms in total. The molecule has 3 N–H and O–H groups in total. The van der Waals surface area contributed by atoms with E-state index < -0.39 is 6.04 Å². The van der Waals surface area contributed by atoms with Gasteiger partial charge in [-0.05, 0) is 19.1 Å². The Morgan fingerprint density at radius 2 is 2.31 bits per heavy atom. The van der Waals surface area contributed by atoms with E-state index in [2.05, 4.69) is 21.2 Å². The third kappa shape index (κ3) is 3.30. The second-order valence-corrected chi connectivity index (χ2v) is 4.33. The third-order valence-corrected chi connectivity index (χ3v) is 2.82. The third-order valence-electron chi connectivity index (χ3n) is 2.08. The van der Waals surface area contributed by atoms with Crippen LogP contribution in [0.25, 0.3) is 0 Å². The van der Waals surface area contributed by atoms with E-state index in [9.17, 15) is 4.79 Å². The molecule has 16 heavy (non-hydrogen) atoms. The lowest BCUT2D eigenvalue weighted by molar-refractivity contribution is -0.117. The van der Waals surface area contributed by atoms with Gasteiger partial charge in [-0.3, -0.25) is 4.79 Å². The SMILES string of the molecule is COCc1c(Br)cccc1NC(=O)C(C)N. The zero-order valence-electron chi connectivity index (χ0n) is 9.29. The fourth-order valence-electron chi connectivity index (χ4n) is 1.21. The maximum atomic E-state index is 11.5. The van der Waals surface area contributed by atoms with Crippen molar-refractivity contribution in [1.29, 1.82) is 0 Å². The normalized spacial score (nSPS) is 12.2. The highest BCUT2D eigenvalue weighted by Crippen LogP contribution is 2.25. The number of hydrogen-bond acceptors (Lipinski definition) is 3. The van der Waals surface area contributed by atoms with Crippen LogP contribution in [-0.4, -0.2) is 19.1 Å². The average molecular weight is 287 g/mol. The molecule has 1 unspecified atom stereocenters. The van der Waals surface area contributed by atoms with Crippen LogP contribution in [0.4, 0.5) is 5.69 Å². The van der Waals surface area contributed by atoms with E-state index in [-0.39, 0.29) is 5.91 Å². The largest absolute Gasteiger partial charge is 0.380 e. The Hall–Kier alpha value is -0.910. The van der Waals surface area contributed by atoms with E-state index in [1.807, 2.05) is 18.2 Å². The highest BCUT2D eigenvalue weighted by molar-refractivity contribution is 9.10. The van der Waals surface area contributed by atoms with Gasteiger partial charge in [0.1, 0.15) is 0 Å². The molecule has 0 aliphatic carbocycles. The Morgan fingerprint density at radius 3 is 2.88 bits per heavy atom. The average Bonchev–Trinajstić information content (AvgIpc) is 2.23. The second kappa shape index (κ2) is 5.98. The maximum absolute atomic E-state index is 11.5. The molecule has 1 aromatic rings. The molecule has 0 aromatic heterocycles. The zero-order chi connectivity index (χ0) is 12.1. The van der Waals surface area contributed by atoms with Gasteiger partial charge in [0, 0.05) is 22.8 Å². The summed E-state index contributed by atoms with van der Waals surface area (Å²) in [7, 11) is 1.61. The van der Waals surface area contributed by atoms with E-state index in [1.165, 1.54) is 0 Å². The lowest BCUT2D eigenvalue weighted by atomic mass is 10.2. The summed E-state index contributed by atoms with van der Waals surface area (Å²) in [6.07, 6.45) is 0. The van der Waals surface area contributed by atoms with Crippen molar-refractivity contribution in [3.8, 4) is 0 Å². The van der Waals surface area contributed by atoms with Crippen LogP contribution in [0, 0.1) is 0 Å². The minimum absolute atomic E-state index is 0.213. The monoisotopic (exact) mass is 286 g/mol. The topological polar surface area (TPSA) is 64.3 Å². The molecule has 1 aromatic carbocycles. The number of methoxy groups -OCH3 is 1. The molecule has 1 atom stereocenters. The summed E-state index contributed by atoms with van der Waals surface area (Å²) in [6, 6.07) is 5.03. The number of hydrogen-bond donors (Lipinski definition) is 2. The molecule has 0 saturated heterocycles. The molecule has 0 heterocycles. The van der Waals surface area contributed by atoms with Gasteiger partial charge >= 0.3 is 0 Å². The summed E-state index contributed by atoms with van der Waals surface area (Å²) in [6.45, 7) is 2.07. The van der Waals surface area contributed by atoms with Gasteiger partial charge in [-0.1, -0.05) is 22.0 Å². The van der Waals surface area contributed by atoms with Gasteiger partial charge in [0.25, 0.3) is 0 Å². The molecule has 0 aliphatic rings. The summed E-state index contributed by atoms with van der Waals surface area (Å²) in [5, 5.41) is 2.76. The molecule has 5 heteroatoms. The van der Waals surface area contributed by atoms with Gasteiger partial charge < -0.3 is 15.8 Å². The molecule has 1 rings (SSSR count). The van der Waals surface area contributed by atoms with Gasteiger partial charge in [0.05, 0.1) is 12.6 Å². The van der Waals surface area contributed by atoms with Crippen LogP contribution in [0.2, 0.25) is 0 Å². The van der Waals surface area contributed by atoms with E-state index in [0.29, 0.717) is 6.61 Å². The van der Waals surface area contributed by atoms with Gasteiger partial charge in [-0.25, -0.2) is 0 Å². The second-order valence-electron chi connectivity index (χ2n) is 3.48. The number of benzene rings is 1. The van der Waals surface area contributed by atoms with Crippen LogP contribution in [0.5, 0.6) is 0 Å². The lowest BCUT2D eigenvalue weighted by Crippen LogP contribution is -2.32. The smallest absolute Gasteiger partial charge is 0.241 e. The number of nitrogens with one attached hydrogen (secondary N) is 1. The van der Waals surface area contributed by atoms with Crippen molar-refractivity contribution in [2.75, 3.05) is 12.4 Å². The number of ether oxygens (including phenoxy) is 1. The number of amides is 1. The number of rotatable bonds is 4. The summed E-state index contributed by atoms with van der Waals surface area (Å²) in [5.41, 5.74) is 7.11. The lowest BCUT2D eigenvalue weighted by Gasteiger charge is -2.13. The standard InChI is InChI=1S/C11H15BrN2O2/c1-7(13)11(15)14-10-5-3-4-9(12)8(10)6-16-2/h3-5,7H,6,13H2,1-2H3,(H,14,15). The zero-order valence-corrected chi connectivity index (χ0v) is 10.9. The molecule has 1 amide bonds. The van der Waals surface area contributed by atoms with Crippen LogP contribution < -0.4 is 11.1 Å². The first-order valence-corrected chi connectivity index (χ1v) is 5.68. The fourth-order valence-corrected chi connectivity index (χ4v) is 1.69. The van der Waals surface area contributed by atoms with E-state index in [4.69, 9.17) is 10.5 Å². The molecule has 0 radical (unpaired) electrons. The Labute approximate surface area is 103 Å². The van der Waals surface area contributed by atoms with E-state index in [1.54, 1.807) is 14.0 Å². The van der Waals surface area contributed by atoms with Crippen LogP contribution >= 0.6 is 15.9 Å². The van der Waals surface area contributed by atoms with Crippen molar-refractivity contribution in [2.24, 2.45) is 5.73 Å². The molecule has 0 aliphatic heterocycles. The Morgan fingerprint density at radius 1 is 1.62 bits per heavy atom. The van der Waals surface area contributed by atoms with Crippen molar-refractivity contribution < 1.29 is 9.53 Å². The fraction of sp³-hybridized carbons (Fsp3) is 0.364. The summed E-state index contributed by atoms with van der Waals surface area (Å²) >= 11 is 3.41. The van der Waals surface area contributed by atoms with Crippen LogP contribution in [0.1, 0.15) is 12.5 Å². The van der Waals surface area contributed by atoms with Gasteiger partial charge in [0.2, 0.25) is 5.91 Å². The van der Waals surface area contributed by atoms with Gasteiger partial charge in [-0.15, -0.1) is 0 Å². The summed E-state index contributed by atoms with van der Waals surface area (Å²) < 4.78 is 5.98. The van der Waals surface area contributed by atoms with Crippen molar-refractivity contribution >= 4 is 27.5 Å². The van der Waals surface area contributed by atoms with Crippen molar-refractivity contribution in [3.63, 3.8) is 0 Å². The van der Waals surface area contributed by atoms with Gasteiger partial charge in [-0.2, -0.15) is 0 Å². The molecule has 0 saturated carbocycles. The number of anilines is 1. The van der Waals surface area contributed by atoms with Crippen LogP contribution in [0.3, 0.4) is 0 Å². The maximum Gasteiger partial charge on any atom is 0.241 e. The Balaban J connectivity index is 2.94. The molecule has 88 valence electrons. The van der Waals surface area contributed by atoms with E-state index >= 15 is 0 Å². The van der Waals surface area contributed by atoms with Gasteiger partial charge in [0.15, 0.2) is 0 Å². The summed E-state index contributed by atoms with van der Waals surface area (Å²) in [4.78, 5) is 11.5. The first kappa shape index (κ1) is 13.2. The predicted molar refractivity (Wildman–Crippen MR) is 67.1 cm³/mol. The molecular formula is C11H15BrN2O2.